The zero-order valence-corrected chi connectivity index (χ0v) is 11.7. The molecule has 1 amide bonds. The van der Waals surface area contributed by atoms with E-state index in [9.17, 15) is 9.90 Å². The van der Waals surface area contributed by atoms with Gasteiger partial charge in [0.25, 0.3) is 0 Å². The summed E-state index contributed by atoms with van der Waals surface area (Å²) in [7, 11) is 0. The molecule has 0 aliphatic heterocycles. The van der Waals surface area contributed by atoms with Crippen LogP contribution in [0.25, 0.3) is 0 Å². The fourth-order valence-electron chi connectivity index (χ4n) is 1.36. The Balaban J connectivity index is 2.55. The summed E-state index contributed by atoms with van der Waals surface area (Å²) in [6, 6.07) is 7.07. The van der Waals surface area contributed by atoms with Crippen molar-refractivity contribution in [3.63, 3.8) is 0 Å². The molecule has 3 atom stereocenters. The predicted octanol–water partition coefficient (Wildman–Crippen LogP) is 2.10. The zero-order chi connectivity index (χ0) is 13.7. The molecule has 0 bridgehead atoms. The molecule has 1 rings (SSSR count). The van der Waals surface area contributed by atoms with E-state index in [2.05, 4.69) is 5.32 Å². The lowest BCUT2D eigenvalue weighted by Crippen LogP contribution is -2.27. The minimum Gasteiger partial charge on any atom is -0.399 e. The number of amides is 1. The Labute approximate surface area is 112 Å². The number of benzene rings is 1. The molecule has 18 heavy (non-hydrogen) atoms. The second kappa shape index (κ2) is 6.66. The molecule has 0 aliphatic carbocycles. The quantitative estimate of drug-likeness (QED) is 0.715. The van der Waals surface area contributed by atoms with E-state index in [1.807, 2.05) is 13.8 Å². The maximum Gasteiger partial charge on any atom is 0.237 e. The number of nitrogens with one attached hydrogen (secondary N) is 1. The average molecular weight is 268 g/mol. The van der Waals surface area contributed by atoms with Crippen molar-refractivity contribution in [1.82, 2.24) is 0 Å². The lowest BCUT2D eigenvalue weighted by Gasteiger charge is -2.19. The number of nitrogens with two attached hydrogens (primary N) is 1. The number of aliphatic hydroxyl groups is 1. The summed E-state index contributed by atoms with van der Waals surface area (Å²) >= 11 is 1.45. The van der Waals surface area contributed by atoms with E-state index in [0.717, 1.165) is 0 Å². The van der Waals surface area contributed by atoms with E-state index in [0.29, 0.717) is 11.4 Å². The molecule has 3 unspecified atom stereocenters. The predicted molar refractivity (Wildman–Crippen MR) is 77.7 cm³/mol. The molecule has 0 aliphatic rings. The van der Waals surface area contributed by atoms with Gasteiger partial charge in [-0.15, -0.1) is 11.8 Å². The van der Waals surface area contributed by atoms with Gasteiger partial charge in [-0.3, -0.25) is 4.79 Å². The van der Waals surface area contributed by atoms with Gasteiger partial charge in [-0.2, -0.15) is 0 Å². The van der Waals surface area contributed by atoms with Crippen molar-refractivity contribution in [2.45, 2.75) is 37.4 Å². The number of hydrogen-bond acceptors (Lipinski definition) is 4. The highest BCUT2D eigenvalue weighted by Gasteiger charge is 2.19. The third-order valence-electron chi connectivity index (χ3n) is 2.62. The Kier molecular flexibility index (Phi) is 5.50. The van der Waals surface area contributed by atoms with E-state index < -0.39 is 6.10 Å². The molecular weight excluding hydrogens is 248 g/mol. The molecule has 0 heterocycles. The first-order chi connectivity index (χ1) is 8.40. The molecule has 1 aromatic carbocycles. The molecule has 0 aromatic heterocycles. The van der Waals surface area contributed by atoms with Gasteiger partial charge in [-0.1, -0.05) is 13.0 Å². The smallest absolute Gasteiger partial charge is 0.237 e. The summed E-state index contributed by atoms with van der Waals surface area (Å²) in [5, 5.41) is 12.0. The van der Waals surface area contributed by atoms with Crippen LogP contribution in [-0.2, 0) is 4.79 Å². The van der Waals surface area contributed by atoms with Crippen LogP contribution in [0.5, 0.6) is 0 Å². The molecule has 1 aromatic rings. The number of nitrogen functional groups attached to an aromatic ring is 1. The van der Waals surface area contributed by atoms with Crippen molar-refractivity contribution in [3.05, 3.63) is 24.3 Å². The van der Waals surface area contributed by atoms with Crippen molar-refractivity contribution in [3.8, 4) is 0 Å². The molecule has 4 nitrogen and oxygen atoms in total. The summed E-state index contributed by atoms with van der Waals surface area (Å²) in [6.07, 6.45) is -0.433. The standard InChI is InChI=1S/C13H20N2O2S/c1-8(16)9(2)18-10(3)13(17)15-12-6-4-5-11(14)7-12/h4-10,16H,14H2,1-3H3,(H,15,17). The number of rotatable bonds is 5. The molecular formula is C13H20N2O2S. The summed E-state index contributed by atoms with van der Waals surface area (Å²) in [4.78, 5) is 11.9. The van der Waals surface area contributed by atoms with Crippen LogP contribution in [0.1, 0.15) is 20.8 Å². The van der Waals surface area contributed by atoms with Crippen molar-refractivity contribution >= 4 is 29.0 Å². The molecule has 0 spiro atoms. The Bertz CT molecular complexity index is 410. The van der Waals surface area contributed by atoms with Gasteiger partial charge in [0.05, 0.1) is 11.4 Å². The minimum absolute atomic E-state index is 0.0200. The van der Waals surface area contributed by atoms with Gasteiger partial charge in [0.1, 0.15) is 0 Å². The topological polar surface area (TPSA) is 75.3 Å². The summed E-state index contributed by atoms with van der Waals surface area (Å²) < 4.78 is 0. The summed E-state index contributed by atoms with van der Waals surface area (Å²) in [6.45, 7) is 5.45. The van der Waals surface area contributed by atoms with E-state index >= 15 is 0 Å². The van der Waals surface area contributed by atoms with E-state index in [4.69, 9.17) is 5.73 Å². The summed E-state index contributed by atoms with van der Waals surface area (Å²) in [5.74, 6) is -0.0851. The van der Waals surface area contributed by atoms with Crippen LogP contribution in [0.15, 0.2) is 24.3 Å². The van der Waals surface area contributed by atoms with Crippen molar-refractivity contribution in [1.29, 1.82) is 0 Å². The van der Waals surface area contributed by atoms with Crippen LogP contribution in [0.2, 0.25) is 0 Å². The number of aliphatic hydroxyl groups excluding tert-OH is 1. The van der Waals surface area contributed by atoms with Gasteiger partial charge in [0.2, 0.25) is 5.91 Å². The van der Waals surface area contributed by atoms with Crippen molar-refractivity contribution in [2.75, 3.05) is 11.1 Å². The van der Waals surface area contributed by atoms with E-state index in [1.54, 1.807) is 31.2 Å². The molecule has 5 heteroatoms. The second-order valence-electron chi connectivity index (χ2n) is 4.34. The van der Waals surface area contributed by atoms with Gasteiger partial charge in [0.15, 0.2) is 0 Å². The van der Waals surface area contributed by atoms with Gasteiger partial charge in [0, 0.05) is 16.6 Å². The molecule has 4 N–H and O–H groups in total. The monoisotopic (exact) mass is 268 g/mol. The highest BCUT2D eigenvalue weighted by Crippen LogP contribution is 2.22. The SMILES string of the molecule is CC(SC(C)C(C)O)C(=O)Nc1cccc(N)c1. The first-order valence-electron chi connectivity index (χ1n) is 5.90. The van der Waals surface area contributed by atoms with Crippen molar-refractivity contribution < 1.29 is 9.90 Å². The van der Waals surface area contributed by atoms with Crippen LogP contribution >= 0.6 is 11.8 Å². The number of carbonyl (C=O) groups is 1. The number of thioether (sulfide) groups is 1. The van der Waals surface area contributed by atoms with Gasteiger partial charge >= 0.3 is 0 Å². The Morgan fingerprint density at radius 1 is 1.39 bits per heavy atom. The van der Waals surface area contributed by atoms with Crippen LogP contribution in [0.4, 0.5) is 11.4 Å². The van der Waals surface area contributed by atoms with Crippen LogP contribution in [-0.4, -0.2) is 27.6 Å². The van der Waals surface area contributed by atoms with Crippen LogP contribution in [0.3, 0.4) is 0 Å². The Morgan fingerprint density at radius 2 is 2.06 bits per heavy atom. The number of hydrogen-bond donors (Lipinski definition) is 3. The van der Waals surface area contributed by atoms with Crippen molar-refractivity contribution in [2.24, 2.45) is 0 Å². The van der Waals surface area contributed by atoms with E-state index in [-0.39, 0.29) is 16.4 Å². The largest absolute Gasteiger partial charge is 0.399 e. The lowest BCUT2D eigenvalue weighted by atomic mass is 10.3. The Morgan fingerprint density at radius 3 is 2.61 bits per heavy atom. The highest BCUT2D eigenvalue weighted by atomic mass is 32.2. The maximum atomic E-state index is 11.9. The van der Waals surface area contributed by atoms with Gasteiger partial charge < -0.3 is 16.2 Å². The van der Waals surface area contributed by atoms with Crippen LogP contribution in [0, 0.1) is 0 Å². The van der Waals surface area contributed by atoms with Gasteiger partial charge in [-0.05, 0) is 32.0 Å². The second-order valence-corrected chi connectivity index (χ2v) is 6.06. The highest BCUT2D eigenvalue weighted by molar-refractivity contribution is 8.01. The average Bonchev–Trinajstić information content (AvgIpc) is 2.28. The van der Waals surface area contributed by atoms with Gasteiger partial charge in [-0.25, -0.2) is 0 Å². The number of anilines is 2. The third kappa shape index (κ3) is 4.58. The summed E-state index contributed by atoms with van der Waals surface area (Å²) in [5.41, 5.74) is 6.95. The maximum absolute atomic E-state index is 11.9. The van der Waals surface area contributed by atoms with Crippen LogP contribution < -0.4 is 11.1 Å². The fourth-order valence-corrected chi connectivity index (χ4v) is 2.41. The molecule has 0 saturated carbocycles. The first-order valence-corrected chi connectivity index (χ1v) is 6.84. The molecule has 0 radical (unpaired) electrons. The third-order valence-corrected chi connectivity index (χ3v) is 4.07. The minimum atomic E-state index is -0.433. The molecule has 0 fully saturated rings. The Hall–Kier alpha value is -1.20. The zero-order valence-electron chi connectivity index (χ0n) is 10.9. The fraction of sp³-hybridized carbons (Fsp3) is 0.462. The first kappa shape index (κ1) is 14.9. The normalized spacial score (nSPS) is 15.8. The molecule has 0 saturated heterocycles. The molecule has 100 valence electrons. The number of carbonyl (C=O) groups excluding carboxylic acids is 1. The van der Waals surface area contributed by atoms with E-state index in [1.165, 1.54) is 11.8 Å². The lowest BCUT2D eigenvalue weighted by molar-refractivity contribution is -0.115.